The zero-order valence-electron chi connectivity index (χ0n) is 76.3. The molecule has 0 saturated heterocycles. The predicted molar refractivity (Wildman–Crippen MR) is 552 cm³/mol. The first-order chi connectivity index (χ1) is 64.8. The molecule has 8 aromatic carbocycles. The molecule has 0 bridgehead atoms. The Bertz CT molecular complexity index is 6140. The summed E-state index contributed by atoms with van der Waals surface area (Å²) in [6, 6.07) is 60.2. The van der Waals surface area contributed by atoms with Crippen LogP contribution in [0.25, 0.3) is 0 Å². The fourth-order valence-corrected chi connectivity index (χ4v) is 12.7. The lowest BCUT2D eigenvalue weighted by Gasteiger charge is -2.05. The molecule has 0 unspecified atom stereocenters. The van der Waals surface area contributed by atoms with Gasteiger partial charge in [-0.3, -0.25) is 0 Å². The first-order valence-electron chi connectivity index (χ1n) is 42.0. The Kier molecular flexibility index (Phi) is 42.5. The number of nitrogen functional groups attached to an aromatic ring is 2. The van der Waals surface area contributed by atoms with Crippen LogP contribution in [-0.2, 0) is 32.5 Å². The topological polar surface area (TPSA) is 527 Å². The number of nitrogens with one attached hydrogen (secondary N) is 19. The van der Waals surface area contributed by atoms with Crippen molar-refractivity contribution in [2.75, 3.05) is 140 Å². The lowest BCUT2D eigenvalue weighted by molar-refractivity contribution is 0.876. The lowest BCUT2D eigenvalue weighted by atomic mass is 10.1. The van der Waals surface area contributed by atoms with Crippen molar-refractivity contribution in [3.63, 3.8) is 0 Å². The van der Waals surface area contributed by atoms with E-state index in [-0.39, 0.29) is 5.95 Å². The lowest BCUT2D eigenvalue weighted by Crippen LogP contribution is -2.11. The van der Waals surface area contributed by atoms with E-state index in [9.17, 15) is 0 Å². The number of para-hydroxylation sites is 2. The quantitative estimate of drug-likeness (QED) is 0.0186. The van der Waals surface area contributed by atoms with Gasteiger partial charge in [0.05, 0.1) is 21.4 Å². The monoisotopic (exact) mass is 1990 g/mol. The highest BCUT2D eigenvalue weighted by Crippen LogP contribution is 2.28. The SMILES string of the molecule is CC(C)Nc1n[nH]c(Nc2ccccc2Cl)n1.CC(C)Nc1nc(NCCc2ccccc2Cl)n[nH]1.CC(C)Nc1nc(NCc2ccccc2Cl)n[nH]1.CN(C)c1n[nH]c(NCCc2ccccc2Cl)n1.CN(C)c1n[nH]c(NCc2ccccc2Cl)n1.CN(C)c1n[nH]c(Nc2ccccc2Cl)n1.Cc1cccc(Nc2n[nH]c(N)n2)c1.Nc1nc(NCc2ccc(Cl)cc2Cl)n[nH]1. The summed E-state index contributed by atoms with van der Waals surface area (Å²) in [6.07, 6.45) is 1.68. The summed E-state index contributed by atoms with van der Waals surface area (Å²) >= 11 is 48.1. The fourth-order valence-electron chi connectivity index (χ4n) is 11.0. The fraction of sp³-hybridized carbons (Fsp3) is 0.264. The van der Waals surface area contributed by atoms with Crippen molar-refractivity contribution in [2.24, 2.45) is 0 Å². The molecule has 16 aromatic rings. The molecule has 0 radical (unpaired) electrons. The Morgan fingerprint density at radius 2 is 0.652 bits per heavy atom. The van der Waals surface area contributed by atoms with Gasteiger partial charge < -0.3 is 84.7 Å². The molecule has 8 aromatic heterocycles. The number of nitrogens with zero attached hydrogens (tertiary/aromatic N) is 19. The van der Waals surface area contributed by atoms with Crippen LogP contribution in [0.1, 0.15) is 74.9 Å². The van der Waals surface area contributed by atoms with E-state index in [4.69, 9.17) is 104 Å². The van der Waals surface area contributed by atoms with Gasteiger partial charge in [0, 0.05) is 129 Å². The van der Waals surface area contributed by atoms with Gasteiger partial charge in [0.2, 0.25) is 95.2 Å². The number of H-pyrrole nitrogens is 8. The third kappa shape index (κ3) is 37.9. The summed E-state index contributed by atoms with van der Waals surface area (Å²) in [7, 11) is 11.3. The maximum absolute atomic E-state index is 6.09. The van der Waals surface area contributed by atoms with E-state index in [1.165, 1.54) is 5.56 Å². The number of aromatic nitrogens is 24. The molecule has 23 N–H and O–H groups in total. The molecule has 714 valence electrons. The first kappa shape index (κ1) is 105. The average Bonchev–Trinajstić information content (AvgIpc) is 1.80. The molecule has 0 fully saturated rings. The summed E-state index contributed by atoms with van der Waals surface area (Å²) in [5, 5.41) is 93.7. The number of hydrogen-bond acceptors (Lipinski definition) is 32. The van der Waals surface area contributed by atoms with E-state index < -0.39 is 0 Å². The second-order valence-electron chi connectivity index (χ2n) is 30.4. The van der Waals surface area contributed by atoms with Crippen molar-refractivity contribution in [1.82, 2.24) is 121 Å². The van der Waals surface area contributed by atoms with Gasteiger partial charge in [-0.25, -0.2) is 40.8 Å². The van der Waals surface area contributed by atoms with E-state index in [2.05, 4.69) is 180 Å². The number of rotatable bonds is 32. The van der Waals surface area contributed by atoms with Gasteiger partial charge in [0.25, 0.3) is 0 Å². The second-order valence-corrected chi connectivity index (χ2v) is 33.7. The molecular weight excluding hydrogens is 1890 g/mol. The van der Waals surface area contributed by atoms with E-state index in [0.717, 1.165) is 90.9 Å². The van der Waals surface area contributed by atoms with Crippen LogP contribution < -0.4 is 84.7 Å². The number of benzene rings is 8. The van der Waals surface area contributed by atoms with E-state index in [0.29, 0.717) is 147 Å². The smallest absolute Gasteiger partial charge is 0.248 e. The number of hydrogen-bond donors (Lipinski definition) is 21. The van der Waals surface area contributed by atoms with Gasteiger partial charge in [0.1, 0.15) is 0 Å². The number of aryl methyl sites for hydroxylation is 1. The maximum atomic E-state index is 6.09. The Labute approximate surface area is 821 Å². The minimum Gasteiger partial charge on any atom is -0.368 e. The first-order valence-corrected chi connectivity index (χ1v) is 45.0. The van der Waals surface area contributed by atoms with Crippen LogP contribution in [0, 0.1) is 6.92 Å². The van der Waals surface area contributed by atoms with Crippen LogP contribution in [0.3, 0.4) is 0 Å². The van der Waals surface area contributed by atoms with Crippen molar-refractivity contribution in [3.8, 4) is 0 Å². The van der Waals surface area contributed by atoms with Crippen molar-refractivity contribution in [2.45, 2.75) is 99.1 Å². The van der Waals surface area contributed by atoms with Crippen LogP contribution in [-0.4, -0.2) is 195 Å². The van der Waals surface area contributed by atoms with Crippen LogP contribution >= 0.6 is 92.8 Å². The number of anilines is 19. The zero-order chi connectivity index (χ0) is 97.1. The van der Waals surface area contributed by atoms with Gasteiger partial charge in [0.15, 0.2) is 0 Å². The number of halogens is 8. The normalized spacial score (nSPS) is 10.4. The highest BCUT2D eigenvalue weighted by Gasteiger charge is 2.14. The minimum absolute atomic E-state index is 0.268. The Morgan fingerprint density at radius 1 is 0.296 bits per heavy atom. The van der Waals surface area contributed by atoms with Crippen LogP contribution in [0.2, 0.25) is 40.2 Å². The third-order valence-electron chi connectivity index (χ3n) is 17.4. The molecule has 0 aliphatic carbocycles. The summed E-state index contributed by atoms with van der Waals surface area (Å²) in [6.45, 7) is 17.5. The van der Waals surface area contributed by atoms with Crippen molar-refractivity contribution >= 4 is 205 Å². The molecule has 0 aliphatic rings. The van der Waals surface area contributed by atoms with Crippen LogP contribution in [0.4, 0.5) is 112 Å². The zero-order valence-corrected chi connectivity index (χ0v) is 82.3. The maximum Gasteiger partial charge on any atom is 0.248 e. The van der Waals surface area contributed by atoms with Crippen molar-refractivity contribution in [1.29, 1.82) is 0 Å². The Morgan fingerprint density at radius 3 is 1.08 bits per heavy atom. The van der Waals surface area contributed by atoms with Crippen LogP contribution in [0.15, 0.2) is 188 Å². The largest absolute Gasteiger partial charge is 0.368 e. The van der Waals surface area contributed by atoms with Gasteiger partial charge in [-0.15, -0.1) is 40.8 Å². The van der Waals surface area contributed by atoms with Gasteiger partial charge in [-0.05, 0) is 167 Å². The molecule has 0 spiro atoms. The molecule has 48 heteroatoms. The second kappa shape index (κ2) is 54.9. The van der Waals surface area contributed by atoms with E-state index >= 15 is 0 Å². The molecular formula is C87H110Cl8N40. The summed E-state index contributed by atoms with van der Waals surface area (Å²) in [5.41, 5.74) is 19.7. The summed E-state index contributed by atoms with van der Waals surface area (Å²) in [5.74, 6) is 8.89. The highest BCUT2D eigenvalue weighted by atomic mass is 35.5. The van der Waals surface area contributed by atoms with Gasteiger partial charge in [-0.2, -0.15) is 39.9 Å². The number of aromatic amines is 8. The van der Waals surface area contributed by atoms with Crippen molar-refractivity contribution < 1.29 is 0 Å². The molecule has 0 atom stereocenters. The molecule has 0 amide bonds. The van der Waals surface area contributed by atoms with Gasteiger partial charge >= 0.3 is 0 Å². The Hall–Kier alpha value is -14.0. The summed E-state index contributed by atoms with van der Waals surface area (Å²) < 4.78 is 0. The van der Waals surface area contributed by atoms with E-state index in [1.807, 2.05) is 281 Å². The van der Waals surface area contributed by atoms with Gasteiger partial charge in [-0.1, -0.05) is 208 Å². The van der Waals surface area contributed by atoms with Crippen molar-refractivity contribution in [3.05, 3.63) is 262 Å². The summed E-state index contributed by atoms with van der Waals surface area (Å²) in [4.78, 5) is 38.9. The molecule has 16 rings (SSSR count). The van der Waals surface area contributed by atoms with Crippen LogP contribution in [0.5, 0.6) is 0 Å². The average molecular weight is 2000 g/mol. The minimum atomic E-state index is 0.268. The standard InChI is InChI=1S/C13H18ClN5.2C12H16ClN5.2C11H14ClN5.C10H12ClN5.C9H9Cl2N5.C9H11N5/c1-9(2)16-13-17-12(18-19-13)15-8-7-10-5-3-4-6-11(10)14;1-18(2)12-15-11(16-17-12)14-8-7-9-5-3-4-6-10(9)13;1-8(2)15-12-16-11(17-18-12)14-7-9-5-3-4-6-10(9)13;1-17(2)11-14-10(15-16-11)13-7-8-5-3-4-6-9(8)12;1-7(2)13-10-15-11(17-16-10)14-9-6-4-3-5-8(9)12;1-16(2)10-13-9(14-15-10)12-8-6-4-3-5-7(8)11;10-6-2-1-5(7(11)3-6)4-13-9-14-8(12)15-16-9;1-6-3-2-4-7(5-6)11-9-12-8(10)13-14-9/h3-6,9H,7-8H2,1-2H3,(H3,15,16,17,18,19);3-6H,7-8H2,1-2H3,(H2,14,15,16,17);3-6,8H,7H2,1-2H3,(H3,14,15,16,17,18);3-6H,7H2,1-2H3,(H2,13,14,15,16);3-7H,1-2H3,(H3,13,14,15,16,17);3-6H,1-2H3,(H2,12,13,14,15);1-3H,4H2,(H4,12,13,14,15,16);2-5H,1H3,(H4,10,11,12,13,14). The molecule has 40 nitrogen and oxygen atoms in total. The molecule has 8 heterocycles. The molecule has 0 saturated carbocycles. The molecule has 0 aliphatic heterocycles. The van der Waals surface area contributed by atoms with E-state index in [1.54, 1.807) is 12.1 Å². The predicted octanol–water partition coefficient (Wildman–Crippen LogP) is 19.2. The highest BCUT2D eigenvalue weighted by molar-refractivity contribution is 6.35. The third-order valence-corrected chi connectivity index (χ3v) is 20.1. The molecule has 135 heavy (non-hydrogen) atoms. The number of nitrogens with two attached hydrogens (primary N) is 2. The Balaban J connectivity index is 0.000000173.